The van der Waals surface area contributed by atoms with Crippen LogP contribution < -0.4 is 4.90 Å². The maximum atomic E-state index is 13.3. The zero-order chi connectivity index (χ0) is 23.5. The van der Waals surface area contributed by atoms with Crippen LogP contribution in [0, 0.1) is 6.92 Å². The smallest absolute Gasteiger partial charge is 0.227 e. The summed E-state index contributed by atoms with van der Waals surface area (Å²) in [5.41, 5.74) is 6.10. The first-order valence-electron chi connectivity index (χ1n) is 12.3. The molecule has 4 nitrogen and oxygen atoms in total. The van der Waals surface area contributed by atoms with Gasteiger partial charge in [0.25, 0.3) is 0 Å². The van der Waals surface area contributed by atoms with Crippen molar-refractivity contribution < 1.29 is 4.79 Å². The quantitative estimate of drug-likeness (QED) is 0.483. The topological polar surface area (TPSA) is 26.8 Å². The molecule has 1 saturated heterocycles. The van der Waals surface area contributed by atoms with Crippen LogP contribution >= 0.6 is 11.6 Å². The van der Waals surface area contributed by atoms with Crippen molar-refractivity contribution in [1.29, 1.82) is 0 Å². The van der Waals surface area contributed by atoms with Gasteiger partial charge in [0.15, 0.2) is 0 Å². The van der Waals surface area contributed by atoms with E-state index in [1.165, 1.54) is 22.4 Å². The van der Waals surface area contributed by atoms with Crippen LogP contribution in [0.25, 0.3) is 0 Å². The summed E-state index contributed by atoms with van der Waals surface area (Å²) in [5, 5.41) is 0.788. The Morgan fingerprint density at radius 3 is 2.35 bits per heavy atom. The van der Waals surface area contributed by atoms with Gasteiger partial charge in [-0.1, -0.05) is 66.2 Å². The number of halogens is 1. The molecule has 1 fully saturated rings. The van der Waals surface area contributed by atoms with E-state index >= 15 is 0 Å². The molecule has 2 aliphatic heterocycles. The molecule has 1 amide bonds. The number of piperazine rings is 1. The van der Waals surface area contributed by atoms with E-state index in [4.69, 9.17) is 11.6 Å². The summed E-state index contributed by atoms with van der Waals surface area (Å²) in [7, 11) is 0. The highest BCUT2D eigenvalue weighted by Crippen LogP contribution is 2.37. The summed E-state index contributed by atoms with van der Waals surface area (Å²) >= 11 is 6.17. The standard InChI is InChI=1S/C29H32ClN3O/c1-22-8-2-4-12-26(22)29-27-13-5-3-9-23(27)20-28(34)33(29)15-7-14-31-16-18-32(19-17-31)25-11-6-10-24(30)21-25/h2-6,8-13,21,29H,7,14-20H2,1H3. The zero-order valence-corrected chi connectivity index (χ0v) is 20.5. The van der Waals surface area contributed by atoms with Gasteiger partial charge in [0.05, 0.1) is 12.5 Å². The lowest BCUT2D eigenvalue weighted by molar-refractivity contribution is -0.133. The lowest BCUT2D eigenvalue weighted by atomic mass is 9.86. The summed E-state index contributed by atoms with van der Waals surface area (Å²) in [5.74, 6) is 0.234. The Morgan fingerprint density at radius 2 is 1.59 bits per heavy atom. The Balaban J connectivity index is 1.24. The minimum atomic E-state index is -0.00155. The maximum absolute atomic E-state index is 13.3. The van der Waals surface area contributed by atoms with E-state index in [1.54, 1.807) is 0 Å². The average molecular weight is 474 g/mol. The fourth-order valence-electron chi connectivity index (χ4n) is 5.39. The summed E-state index contributed by atoms with van der Waals surface area (Å²) < 4.78 is 0. The molecule has 34 heavy (non-hydrogen) atoms. The molecule has 0 spiro atoms. The third kappa shape index (κ3) is 4.84. The van der Waals surface area contributed by atoms with Gasteiger partial charge in [-0.25, -0.2) is 0 Å². The minimum absolute atomic E-state index is 0.00155. The number of nitrogens with zero attached hydrogens (tertiary/aromatic N) is 3. The predicted octanol–water partition coefficient (Wildman–Crippen LogP) is 5.33. The third-order valence-electron chi connectivity index (χ3n) is 7.23. The van der Waals surface area contributed by atoms with Crippen molar-refractivity contribution in [1.82, 2.24) is 9.80 Å². The van der Waals surface area contributed by atoms with Gasteiger partial charge in [-0.2, -0.15) is 0 Å². The van der Waals surface area contributed by atoms with Gasteiger partial charge in [-0.15, -0.1) is 0 Å². The van der Waals surface area contributed by atoms with E-state index in [0.717, 1.165) is 56.3 Å². The highest BCUT2D eigenvalue weighted by atomic mass is 35.5. The molecule has 0 N–H and O–H groups in total. The van der Waals surface area contributed by atoms with Crippen molar-refractivity contribution in [3.8, 4) is 0 Å². The van der Waals surface area contributed by atoms with Crippen LogP contribution in [0.1, 0.15) is 34.7 Å². The lowest BCUT2D eigenvalue weighted by Crippen LogP contribution is -2.47. The molecule has 0 bridgehead atoms. The van der Waals surface area contributed by atoms with Gasteiger partial charge in [0.1, 0.15) is 0 Å². The van der Waals surface area contributed by atoms with E-state index in [9.17, 15) is 4.79 Å². The van der Waals surface area contributed by atoms with Crippen molar-refractivity contribution in [3.05, 3.63) is 100 Å². The number of hydrogen-bond donors (Lipinski definition) is 0. The second kappa shape index (κ2) is 10.2. The van der Waals surface area contributed by atoms with Crippen LogP contribution in [-0.2, 0) is 11.2 Å². The van der Waals surface area contributed by atoms with E-state index in [1.807, 2.05) is 24.3 Å². The molecule has 1 atom stereocenters. The summed E-state index contributed by atoms with van der Waals surface area (Å²) in [4.78, 5) is 20.3. The van der Waals surface area contributed by atoms with E-state index in [2.05, 4.69) is 70.2 Å². The van der Waals surface area contributed by atoms with Gasteiger partial charge in [-0.3, -0.25) is 9.69 Å². The molecule has 0 saturated carbocycles. The molecular formula is C29H32ClN3O. The van der Waals surface area contributed by atoms with Crippen LogP contribution in [0.3, 0.4) is 0 Å². The number of carbonyl (C=O) groups excluding carboxylic acids is 1. The first-order chi connectivity index (χ1) is 16.6. The molecular weight excluding hydrogens is 442 g/mol. The van der Waals surface area contributed by atoms with Crippen molar-refractivity contribution in [2.75, 3.05) is 44.2 Å². The molecule has 0 radical (unpaired) electrons. The van der Waals surface area contributed by atoms with Crippen molar-refractivity contribution in [2.45, 2.75) is 25.8 Å². The van der Waals surface area contributed by atoms with Crippen molar-refractivity contribution >= 4 is 23.2 Å². The first kappa shape index (κ1) is 22.9. The molecule has 1 unspecified atom stereocenters. The van der Waals surface area contributed by atoms with E-state index < -0.39 is 0 Å². The van der Waals surface area contributed by atoms with Gasteiger partial charge >= 0.3 is 0 Å². The maximum Gasteiger partial charge on any atom is 0.227 e. The zero-order valence-electron chi connectivity index (χ0n) is 19.8. The normalized spacial score (nSPS) is 18.8. The minimum Gasteiger partial charge on any atom is -0.369 e. The highest BCUT2D eigenvalue weighted by Gasteiger charge is 2.33. The fourth-order valence-corrected chi connectivity index (χ4v) is 5.57. The molecule has 0 aliphatic carbocycles. The number of aryl methyl sites for hydroxylation is 1. The number of rotatable bonds is 6. The summed E-state index contributed by atoms with van der Waals surface area (Å²) in [6, 6.07) is 25.0. The lowest BCUT2D eigenvalue weighted by Gasteiger charge is -2.39. The Morgan fingerprint density at radius 1 is 0.853 bits per heavy atom. The second-order valence-electron chi connectivity index (χ2n) is 9.38. The van der Waals surface area contributed by atoms with Crippen molar-refractivity contribution in [3.63, 3.8) is 0 Å². The number of amides is 1. The van der Waals surface area contributed by atoms with Crippen LogP contribution in [0.15, 0.2) is 72.8 Å². The van der Waals surface area contributed by atoms with Crippen LogP contribution in [0.2, 0.25) is 5.02 Å². The Bertz CT molecular complexity index is 1160. The number of anilines is 1. The molecule has 5 rings (SSSR count). The SMILES string of the molecule is Cc1ccccc1C1c2ccccc2CC(=O)N1CCCN1CCN(c2cccc(Cl)c2)CC1. The highest BCUT2D eigenvalue weighted by molar-refractivity contribution is 6.30. The molecule has 176 valence electrons. The number of fused-ring (bicyclic) bond motifs is 1. The van der Waals surface area contributed by atoms with Crippen molar-refractivity contribution in [2.24, 2.45) is 0 Å². The average Bonchev–Trinajstić information content (AvgIpc) is 2.85. The summed E-state index contributed by atoms with van der Waals surface area (Å²) in [6.45, 7) is 8.00. The number of benzene rings is 3. The second-order valence-corrected chi connectivity index (χ2v) is 9.82. The van der Waals surface area contributed by atoms with Gasteiger partial charge in [0.2, 0.25) is 5.91 Å². The van der Waals surface area contributed by atoms with E-state index in [-0.39, 0.29) is 11.9 Å². The van der Waals surface area contributed by atoms with Gasteiger partial charge < -0.3 is 9.80 Å². The summed E-state index contributed by atoms with van der Waals surface area (Å²) in [6.07, 6.45) is 1.48. The van der Waals surface area contributed by atoms with Crippen LogP contribution in [0.5, 0.6) is 0 Å². The molecule has 5 heteroatoms. The predicted molar refractivity (Wildman–Crippen MR) is 140 cm³/mol. The molecule has 0 aromatic heterocycles. The fraction of sp³-hybridized carbons (Fsp3) is 0.345. The van der Waals surface area contributed by atoms with Crippen LogP contribution in [-0.4, -0.2) is 55.0 Å². The molecule has 3 aromatic rings. The molecule has 2 aliphatic rings. The largest absolute Gasteiger partial charge is 0.369 e. The Labute approximate surface area is 207 Å². The first-order valence-corrected chi connectivity index (χ1v) is 12.6. The van der Waals surface area contributed by atoms with Gasteiger partial charge in [-0.05, 0) is 60.3 Å². The van der Waals surface area contributed by atoms with E-state index in [0.29, 0.717) is 6.42 Å². The Kier molecular flexibility index (Phi) is 6.89. The number of hydrogen-bond acceptors (Lipinski definition) is 3. The number of carbonyl (C=O) groups is 1. The molecule has 3 aromatic carbocycles. The van der Waals surface area contributed by atoms with Gasteiger partial charge in [0, 0.05) is 43.4 Å². The Hall–Kier alpha value is -2.82. The van der Waals surface area contributed by atoms with Crippen LogP contribution in [0.4, 0.5) is 5.69 Å². The monoisotopic (exact) mass is 473 g/mol. The third-order valence-corrected chi connectivity index (χ3v) is 7.46. The molecule has 2 heterocycles.